The minimum absolute atomic E-state index is 0.0185. The van der Waals surface area contributed by atoms with Crippen LogP contribution in [0.5, 0.6) is 5.75 Å². The van der Waals surface area contributed by atoms with Crippen LogP contribution in [0, 0.1) is 13.8 Å². The first kappa shape index (κ1) is 29.5. The van der Waals surface area contributed by atoms with Gasteiger partial charge in [0.15, 0.2) is 5.11 Å². The Balaban J connectivity index is 1.38. The van der Waals surface area contributed by atoms with Crippen molar-refractivity contribution in [3.63, 3.8) is 0 Å². The molecule has 0 radical (unpaired) electrons. The maximum Gasteiger partial charge on any atom is 0.270 e. The largest absolute Gasteiger partial charge is 0.494 e. The van der Waals surface area contributed by atoms with Gasteiger partial charge in [-0.25, -0.2) is 0 Å². The second-order valence-corrected chi connectivity index (χ2v) is 12.2. The van der Waals surface area contributed by atoms with Gasteiger partial charge in [-0.3, -0.25) is 24.6 Å². The van der Waals surface area contributed by atoms with Crippen LogP contribution in [0.15, 0.2) is 66.2 Å². The Morgan fingerprint density at radius 1 is 1.07 bits per heavy atom. The van der Waals surface area contributed by atoms with Gasteiger partial charge in [0.1, 0.15) is 16.3 Å². The van der Waals surface area contributed by atoms with Gasteiger partial charge in [-0.15, -0.1) is 11.3 Å². The first-order chi connectivity index (χ1) is 21.3. The normalized spacial score (nSPS) is 15.8. The third-order valence-electron chi connectivity index (χ3n) is 7.89. The van der Waals surface area contributed by atoms with E-state index in [-0.39, 0.29) is 16.6 Å². The number of hydrogen-bond acceptors (Lipinski definition) is 6. The Hall–Kier alpha value is -4.54. The van der Waals surface area contributed by atoms with Crippen molar-refractivity contribution in [3.05, 3.63) is 99.2 Å². The Morgan fingerprint density at radius 2 is 1.80 bits per heavy atom. The summed E-state index contributed by atoms with van der Waals surface area (Å²) in [6.45, 7) is 6.33. The average molecular weight is 625 g/mol. The lowest BCUT2D eigenvalue weighted by Gasteiger charge is -2.29. The summed E-state index contributed by atoms with van der Waals surface area (Å²) < 4.78 is 7.58. The molecule has 2 aliphatic rings. The predicted octanol–water partition coefficient (Wildman–Crippen LogP) is 6.52. The third kappa shape index (κ3) is 5.46. The number of benzene rings is 2. The lowest BCUT2D eigenvalue weighted by Crippen LogP contribution is -2.54. The van der Waals surface area contributed by atoms with Crippen molar-refractivity contribution in [3.8, 4) is 10.8 Å². The van der Waals surface area contributed by atoms with Crippen LogP contribution in [-0.4, -0.2) is 34.0 Å². The number of aryl methyl sites for hydroxylation is 2. The smallest absolute Gasteiger partial charge is 0.270 e. The second kappa shape index (κ2) is 12.2. The van der Waals surface area contributed by atoms with Crippen LogP contribution in [0.2, 0.25) is 0 Å². The summed E-state index contributed by atoms with van der Waals surface area (Å²) in [5.41, 5.74) is 5.46. The number of amides is 3. The number of aromatic nitrogens is 1. The molecule has 0 saturated carbocycles. The van der Waals surface area contributed by atoms with Crippen LogP contribution in [0.3, 0.4) is 0 Å². The van der Waals surface area contributed by atoms with Crippen molar-refractivity contribution in [2.45, 2.75) is 46.5 Å². The molecule has 0 unspecified atom stereocenters. The summed E-state index contributed by atoms with van der Waals surface area (Å²) in [5, 5.41) is 6.61. The van der Waals surface area contributed by atoms with Crippen molar-refractivity contribution in [1.82, 2.24) is 9.88 Å². The molecule has 0 spiro atoms. The zero-order valence-corrected chi connectivity index (χ0v) is 26.4. The highest BCUT2D eigenvalue weighted by atomic mass is 32.1. The molecule has 3 amide bonds. The Kier molecular flexibility index (Phi) is 8.20. The topological polar surface area (TPSA) is 92.7 Å². The molecule has 0 atom stereocenters. The molecule has 44 heavy (non-hydrogen) atoms. The zero-order valence-electron chi connectivity index (χ0n) is 24.7. The summed E-state index contributed by atoms with van der Waals surface area (Å²) in [7, 11) is 0. The number of rotatable bonds is 7. The van der Waals surface area contributed by atoms with E-state index in [1.54, 1.807) is 41.7 Å². The first-order valence-corrected chi connectivity index (χ1v) is 15.8. The van der Waals surface area contributed by atoms with Crippen LogP contribution < -0.4 is 20.3 Å². The Bertz CT molecular complexity index is 1820. The monoisotopic (exact) mass is 624 g/mol. The Morgan fingerprint density at radius 3 is 2.52 bits per heavy atom. The summed E-state index contributed by atoms with van der Waals surface area (Å²) in [6.07, 6.45) is 5.54. The molecule has 3 heterocycles. The molecule has 1 aliphatic carbocycles. The molecule has 224 valence electrons. The number of thiophene rings is 1. The van der Waals surface area contributed by atoms with Gasteiger partial charge in [-0.1, -0.05) is 18.2 Å². The number of carbonyl (C=O) groups excluding carboxylic acids is 3. The average Bonchev–Trinajstić information content (AvgIpc) is 3.52. The molecule has 4 aromatic rings. The van der Waals surface area contributed by atoms with Crippen molar-refractivity contribution in [1.29, 1.82) is 0 Å². The summed E-state index contributed by atoms with van der Waals surface area (Å²) in [6, 6.07) is 18.4. The molecule has 1 saturated heterocycles. The van der Waals surface area contributed by atoms with Gasteiger partial charge in [0.05, 0.1) is 17.9 Å². The van der Waals surface area contributed by atoms with E-state index in [9.17, 15) is 14.4 Å². The van der Waals surface area contributed by atoms with Crippen LogP contribution in [0.25, 0.3) is 11.1 Å². The van der Waals surface area contributed by atoms with Gasteiger partial charge in [-0.2, -0.15) is 0 Å². The van der Waals surface area contributed by atoms with E-state index in [0.717, 1.165) is 53.3 Å². The fourth-order valence-corrected chi connectivity index (χ4v) is 7.59. The minimum atomic E-state index is -0.554. The van der Waals surface area contributed by atoms with Gasteiger partial charge < -0.3 is 14.6 Å². The highest BCUT2D eigenvalue weighted by Crippen LogP contribution is 2.39. The van der Waals surface area contributed by atoms with Crippen LogP contribution in [-0.2, 0) is 22.4 Å². The van der Waals surface area contributed by atoms with E-state index in [0.29, 0.717) is 29.2 Å². The first-order valence-electron chi connectivity index (χ1n) is 14.6. The van der Waals surface area contributed by atoms with Crippen LogP contribution in [0.4, 0.5) is 11.4 Å². The predicted molar refractivity (Wildman–Crippen MR) is 178 cm³/mol. The van der Waals surface area contributed by atoms with Gasteiger partial charge in [0, 0.05) is 22.0 Å². The van der Waals surface area contributed by atoms with Crippen LogP contribution in [0.1, 0.15) is 57.5 Å². The highest BCUT2D eigenvalue weighted by molar-refractivity contribution is 7.80. The molecule has 6 rings (SSSR count). The maximum atomic E-state index is 13.8. The van der Waals surface area contributed by atoms with E-state index in [4.69, 9.17) is 17.0 Å². The lowest BCUT2D eigenvalue weighted by atomic mass is 9.95. The number of hydrogen-bond donors (Lipinski definition) is 2. The summed E-state index contributed by atoms with van der Waals surface area (Å²) in [5.74, 6) is -0.533. The zero-order chi connectivity index (χ0) is 31.0. The summed E-state index contributed by atoms with van der Waals surface area (Å²) >= 11 is 7.03. The molecule has 0 bridgehead atoms. The number of fused-ring (bicyclic) bond motifs is 1. The van der Waals surface area contributed by atoms with E-state index in [1.165, 1.54) is 9.78 Å². The fourth-order valence-electron chi connectivity index (χ4n) is 5.81. The number of ether oxygens (including phenoxy) is 1. The van der Waals surface area contributed by atoms with Crippen LogP contribution >= 0.6 is 23.6 Å². The van der Waals surface area contributed by atoms with E-state index in [1.807, 2.05) is 57.2 Å². The molecule has 1 fully saturated rings. The number of anilines is 2. The Labute approximate surface area is 265 Å². The standard InChI is InChI=1S/C34H32N4O4S2/c1-4-42-25-16-14-24(15-17-25)38-32(41)27(30(39)36-34(38)43)19-22-18-20(2)37(21(22)3)33-29(26-12-8-9-13-28(26)44-33)31(40)35-23-10-6-5-7-11-23/h5-7,10-11,14-19H,4,8-9,12-13H2,1-3H3,(H,35,40)(H,36,39,43)/b27-19+. The minimum Gasteiger partial charge on any atom is -0.494 e. The quantitative estimate of drug-likeness (QED) is 0.139. The summed E-state index contributed by atoms with van der Waals surface area (Å²) in [4.78, 5) is 43.1. The lowest BCUT2D eigenvalue weighted by molar-refractivity contribution is -0.122. The molecule has 10 heteroatoms. The van der Waals surface area contributed by atoms with Crippen molar-refractivity contribution in [2.24, 2.45) is 0 Å². The maximum absolute atomic E-state index is 13.8. The SMILES string of the molecule is CCOc1ccc(N2C(=O)/C(=C/c3cc(C)n(-c4sc5c(c4C(=O)Nc4ccccc4)CCCC5)c3C)C(=O)NC2=S)cc1. The number of nitrogens with one attached hydrogen (secondary N) is 2. The molecule has 2 aromatic carbocycles. The third-order valence-corrected chi connectivity index (χ3v) is 9.45. The van der Waals surface area contributed by atoms with Gasteiger partial charge in [0.2, 0.25) is 0 Å². The molecule has 1 aliphatic heterocycles. The number of carbonyl (C=O) groups is 3. The second-order valence-electron chi connectivity index (χ2n) is 10.8. The van der Waals surface area contributed by atoms with Crippen molar-refractivity contribution in [2.75, 3.05) is 16.8 Å². The molecule has 8 nitrogen and oxygen atoms in total. The number of para-hydroxylation sites is 1. The van der Waals surface area contributed by atoms with E-state index in [2.05, 4.69) is 15.2 Å². The van der Waals surface area contributed by atoms with Gasteiger partial charge >= 0.3 is 0 Å². The number of nitrogens with zero attached hydrogens (tertiary/aromatic N) is 2. The van der Waals surface area contributed by atoms with E-state index < -0.39 is 11.8 Å². The fraction of sp³-hybridized carbons (Fsp3) is 0.235. The molecular weight excluding hydrogens is 593 g/mol. The van der Waals surface area contributed by atoms with Gasteiger partial charge in [-0.05, 0) is 118 Å². The number of thiocarbonyl (C=S) groups is 1. The molecule has 2 N–H and O–H groups in total. The van der Waals surface area contributed by atoms with Crippen molar-refractivity contribution < 1.29 is 19.1 Å². The molecule has 2 aromatic heterocycles. The van der Waals surface area contributed by atoms with Gasteiger partial charge in [0.25, 0.3) is 17.7 Å². The van der Waals surface area contributed by atoms with Crippen molar-refractivity contribution >= 4 is 63.8 Å². The van der Waals surface area contributed by atoms with E-state index >= 15 is 0 Å². The molecular formula is C34H32N4O4S2. The highest BCUT2D eigenvalue weighted by Gasteiger charge is 2.35.